The van der Waals surface area contributed by atoms with Crippen molar-refractivity contribution in [2.24, 2.45) is 0 Å². The predicted octanol–water partition coefficient (Wildman–Crippen LogP) is -0.447. The summed E-state index contributed by atoms with van der Waals surface area (Å²) in [5.74, 6) is 0.187. The molecule has 0 bridgehead atoms. The van der Waals surface area contributed by atoms with Gasteiger partial charge in [-0.2, -0.15) is 0 Å². The number of fused-ring (bicyclic) bond motifs is 1. The van der Waals surface area contributed by atoms with Crippen molar-refractivity contribution >= 4 is 23.0 Å². The number of hydrogen-bond acceptors (Lipinski definition) is 9. The molecule has 1 fully saturated rings. The summed E-state index contributed by atoms with van der Waals surface area (Å²) in [6, 6.07) is 7.71. The molecule has 12 heteroatoms. The quantitative estimate of drug-likeness (QED) is 0.293. The van der Waals surface area contributed by atoms with Crippen LogP contribution in [0.25, 0.3) is 11.2 Å². The van der Waals surface area contributed by atoms with Crippen molar-refractivity contribution in [2.45, 2.75) is 31.4 Å². The number of nitrogen functional groups attached to an aromatic ring is 1. The summed E-state index contributed by atoms with van der Waals surface area (Å²) in [4.78, 5) is 26.1. The molecule has 0 aliphatic carbocycles. The Morgan fingerprint density at radius 1 is 1.29 bits per heavy atom. The van der Waals surface area contributed by atoms with Gasteiger partial charge < -0.3 is 36.2 Å². The summed E-state index contributed by atoms with van der Waals surface area (Å²) in [5, 5.41) is 27.7. The fourth-order valence-electron chi connectivity index (χ4n) is 3.91. The largest absolute Gasteiger partial charge is 0.385 e. The second kappa shape index (κ2) is 9.89. The Bertz CT molecular complexity index is 1140. The normalized spacial score (nSPS) is 22.4. The van der Waals surface area contributed by atoms with Gasteiger partial charge in [-0.25, -0.2) is 19.7 Å². The molecule has 2 amide bonds. The van der Waals surface area contributed by atoms with E-state index in [4.69, 9.17) is 10.5 Å². The number of ether oxygens (including phenoxy) is 1. The van der Waals surface area contributed by atoms with Crippen LogP contribution in [0.2, 0.25) is 0 Å². The van der Waals surface area contributed by atoms with E-state index >= 15 is 0 Å². The number of hydrogen-bond donors (Lipinski definition) is 5. The number of likely N-dealkylation sites (N-methyl/N-ethyl adjacent to an activating group) is 1. The van der Waals surface area contributed by atoms with Gasteiger partial charge in [0.1, 0.15) is 24.1 Å². The molecule has 1 aromatic carbocycles. The van der Waals surface area contributed by atoms with Gasteiger partial charge in [0.15, 0.2) is 17.2 Å². The van der Waals surface area contributed by atoms with E-state index in [9.17, 15) is 15.0 Å². The van der Waals surface area contributed by atoms with E-state index < -0.39 is 17.9 Å². The smallest absolute Gasteiger partial charge is 0.315 e. The lowest BCUT2D eigenvalue weighted by atomic mass is 10.0. The topological polar surface area (TPSA) is 164 Å². The molecule has 1 aliphatic rings. The molecule has 0 saturated carbocycles. The summed E-state index contributed by atoms with van der Waals surface area (Å²) in [7, 11) is 1.85. The van der Waals surface area contributed by atoms with E-state index in [1.54, 1.807) is 0 Å². The second-order valence-electron chi connectivity index (χ2n) is 8.58. The zero-order valence-electron chi connectivity index (χ0n) is 19.2. The molecule has 6 N–H and O–H groups in total. The highest BCUT2D eigenvalue weighted by Crippen LogP contribution is 2.32. The van der Waals surface area contributed by atoms with Crippen LogP contribution in [0.5, 0.6) is 0 Å². The Hall–Kier alpha value is -3.32. The highest BCUT2D eigenvalue weighted by atomic mass is 16.5. The Balaban J connectivity index is 1.25. The maximum atomic E-state index is 12.0. The fourth-order valence-corrected chi connectivity index (χ4v) is 3.91. The van der Waals surface area contributed by atoms with Gasteiger partial charge in [0.05, 0.1) is 12.9 Å². The van der Waals surface area contributed by atoms with Crippen LogP contribution in [0.1, 0.15) is 11.1 Å². The number of aliphatic hydroxyl groups is 2. The second-order valence-corrected chi connectivity index (χ2v) is 8.58. The van der Waals surface area contributed by atoms with Gasteiger partial charge in [-0.3, -0.25) is 4.57 Å². The number of nitrogens with zero attached hydrogens (tertiary/aromatic N) is 5. The maximum absolute atomic E-state index is 12.0. The molecule has 4 rings (SSSR count). The Labute approximate surface area is 196 Å². The number of urea groups is 1. The predicted molar refractivity (Wildman–Crippen MR) is 125 cm³/mol. The molecule has 3 atom stereocenters. The van der Waals surface area contributed by atoms with Crippen LogP contribution in [0.15, 0.2) is 36.9 Å². The number of nitrogens with one attached hydrogen (secondary N) is 2. The highest BCUT2D eigenvalue weighted by Gasteiger charge is 2.50. The van der Waals surface area contributed by atoms with E-state index in [0.29, 0.717) is 37.3 Å². The lowest BCUT2D eigenvalue weighted by Crippen LogP contribution is -2.49. The van der Waals surface area contributed by atoms with Crippen molar-refractivity contribution in [1.29, 1.82) is 0 Å². The minimum absolute atomic E-state index is 0.137. The zero-order chi connectivity index (χ0) is 24.3. The molecule has 0 spiro atoms. The molecule has 12 nitrogen and oxygen atoms in total. The number of aromatic nitrogens is 4. The number of rotatable bonds is 8. The van der Waals surface area contributed by atoms with Crippen molar-refractivity contribution in [1.82, 2.24) is 35.1 Å². The molecular formula is C22H30N8O4. The minimum atomic E-state index is -1.74. The first kappa shape index (κ1) is 23.8. The standard InChI is InChI=1S/C22H30N8O4/c1-14-3-5-15(6-4-14)9-25-21(32)24-7-8-29(2)10-16-18(31)22(33,11-34-16)30-13-28-17-19(23)26-12-27-20(17)30/h3-6,12-13,16,18,31,33H,7-11H2,1-2H3,(H2,23,26,27)(H2,24,25,32)/t16-,18-,22-/m1/s1. The third-order valence-electron chi connectivity index (χ3n) is 5.96. The lowest BCUT2D eigenvalue weighted by Gasteiger charge is -2.29. The number of carbonyl (C=O) groups excluding carboxylic acids is 1. The molecule has 0 radical (unpaired) electrons. The van der Waals surface area contributed by atoms with E-state index in [0.717, 1.165) is 5.56 Å². The monoisotopic (exact) mass is 470 g/mol. The van der Waals surface area contributed by atoms with Gasteiger partial charge in [-0.05, 0) is 19.5 Å². The molecule has 0 unspecified atom stereocenters. The van der Waals surface area contributed by atoms with Crippen LogP contribution >= 0.6 is 0 Å². The average molecular weight is 471 g/mol. The third kappa shape index (κ3) is 4.94. The first-order valence-electron chi connectivity index (χ1n) is 11.0. The molecule has 182 valence electrons. The average Bonchev–Trinajstić information content (AvgIpc) is 3.37. The van der Waals surface area contributed by atoms with Gasteiger partial charge in [0.2, 0.25) is 0 Å². The molecular weight excluding hydrogens is 440 g/mol. The zero-order valence-corrected chi connectivity index (χ0v) is 19.2. The van der Waals surface area contributed by atoms with E-state index in [2.05, 4.69) is 25.6 Å². The summed E-state index contributed by atoms with van der Waals surface area (Å²) in [5.41, 5.74) is 6.93. The summed E-state index contributed by atoms with van der Waals surface area (Å²) in [6.07, 6.45) is 0.765. The van der Waals surface area contributed by atoms with Crippen LogP contribution < -0.4 is 16.4 Å². The number of aryl methyl sites for hydroxylation is 1. The maximum Gasteiger partial charge on any atom is 0.315 e. The van der Waals surface area contributed by atoms with E-state index in [1.165, 1.54) is 22.8 Å². The van der Waals surface area contributed by atoms with Crippen LogP contribution in [0, 0.1) is 6.92 Å². The molecule has 3 heterocycles. The van der Waals surface area contributed by atoms with Gasteiger partial charge in [-0.15, -0.1) is 0 Å². The number of aliphatic hydroxyl groups excluding tert-OH is 1. The number of amides is 2. The molecule has 34 heavy (non-hydrogen) atoms. The van der Waals surface area contributed by atoms with Crippen molar-refractivity contribution in [3.8, 4) is 0 Å². The van der Waals surface area contributed by atoms with Crippen LogP contribution in [-0.2, 0) is 17.0 Å². The summed E-state index contributed by atoms with van der Waals surface area (Å²) >= 11 is 0. The van der Waals surface area contributed by atoms with Gasteiger partial charge in [0, 0.05) is 26.2 Å². The number of nitrogens with two attached hydrogens (primary N) is 1. The number of benzene rings is 1. The SMILES string of the molecule is Cc1ccc(CNC(=O)NCCN(C)C[C@H]2OC[C@](O)(n3cnc4c(N)ncnc43)[C@@H]2O)cc1. The fraction of sp³-hybridized carbons (Fsp3) is 0.455. The Morgan fingerprint density at radius 2 is 2.06 bits per heavy atom. The van der Waals surface area contributed by atoms with E-state index in [1.807, 2.05) is 43.1 Å². The van der Waals surface area contributed by atoms with Crippen molar-refractivity contribution in [3.05, 3.63) is 48.0 Å². The van der Waals surface area contributed by atoms with E-state index in [-0.39, 0.29) is 18.5 Å². The number of carbonyl (C=O) groups is 1. The van der Waals surface area contributed by atoms with Crippen LogP contribution in [0.4, 0.5) is 10.6 Å². The summed E-state index contributed by atoms with van der Waals surface area (Å²) in [6.45, 7) is 3.61. The number of anilines is 1. The molecule has 3 aromatic rings. The van der Waals surface area contributed by atoms with Gasteiger partial charge >= 0.3 is 6.03 Å². The first-order chi connectivity index (χ1) is 16.3. The minimum Gasteiger partial charge on any atom is -0.385 e. The third-order valence-corrected chi connectivity index (χ3v) is 5.96. The van der Waals surface area contributed by atoms with Crippen molar-refractivity contribution in [2.75, 3.05) is 39.0 Å². The van der Waals surface area contributed by atoms with Crippen LogP contribution in [-0.4, -0.2) is 86.2 Å². The van der Waals surface area contributed by atoms with Crippen LogP contribution in [0.3, 0.4) is 0 Å². The number of imidazole rings is 1. The molecule has 1 saturated heterocycles. The first-order valence-corrected chi connectivity index (χ1v) is 11.0. The Morgan fingerprint density at radius 3 is 2.82 bits per heavy atom. The van der Waals surface area contributed by atoms with Crippen molar-refractivity contribution in [3.63, 3.8) is 0 Å². The molecule has 1 aliphatic heterocycles. The Kier molecular flexibility index (Phi) is 6.93. The van der Waals surface area contributed by atoms with Gasteiger partial charge in [-0.1, -0.05) is 29.8 Å². The van der Waals surface area contributed by atoms with Gasteiger partial charge in [0.25, 0.3) is 0 Å². The summed E-state index contributed by atoms with van der Waals surface area (Å²) < 4.78 is 7.08. The highest BCUT2D eigenvalue weighted by molar-refractivity contribution is 5.81. The van der Waals surface area contributed by atoms with Crippen molar-refractivity contribution < 1.29 is 19.7 Å². The lowest BCUT2D eigenvalue weighted by molar-refractivity contribution is -0.108. The molecule has 2 aromatic heterocycles.